The van der Waals surface area contributed by atoms with E-state index in [1.54, 1.807) is 0 Å². The van der Waals surface area contributed by atoms with E-state index >= 15 is 0 Å². The van der Waals surface area contributed by atoms with E-state index in [1.807, 2.05) is 31.2 Å². The topological polar surface area (TPSA) is 75.4 Å². The van der Waals surface area contributed by atoms with Crippen LogP contribution in [0.4, 0.5) is 0 Å². The van der Waals surface area contributed by atoms with Crippen LogP contribution in [0.5, 0.6) is 0 Å². The Morgan fingerprint density at radius 3 is 3.05 bits per heavy atom. The molecule has 1 heterocycles. The highest BCUT2D eigenvalue weighted by Gasteiger charge is 2.12. The van der Waals surface area contributed by atoms with Crippen molar-refractivity contribution in [3.63, 3.8) is 0 Å². The number of aliphatic hydroxyl groups is 1. The summed E-state index contributed by atoms with van der Waals surface area (Å²) in [5, 5.41) is 16.4. The zero-order valence-corrected chi connectivity index (χ0v) is 10.9. The van der Waals surface area contributed by atoms with Crippen LogP contribution in [-0.2, 0) is 11.2 Å². The summed E-state index contributed by atoms with van der Waals surface area (Å²) in [5.41, 5.74) is 1.35. The van der Waals surface area contributed by atoms with Gasteiger partial charge >= 0.3 is 0 Å². The number of carbonyl (C=O) groups excluding carboxylic acids is 1. The summed E-state index contributed by atoms with van der Waals surface area (Å²) in [6.45, 7) is 2.70. The van der Waals surface area contributed by atoms with Gasteiger partial charge in [0.25, 0.3) is 0 Å². The van der Waals surface area contributed by atoms with Crippen LogP contribution in [0, 0.1) is 5.92 Å². The first-order chi connectivity index (χ1) is 9.20. The molecule has 0 saturated heterocycles. The molecule has 2 aromatic rings. The van der Waals surface area contributed by atoms with Gasteiger partial charge in [-0.05, 0) is 24.5 Å². The Bertz CT molecular complexity index is 550. The van der Waals surface area contributed by atoms with Crippen molar-refractivity contribution in [2.24, 2.45) is 5.92 Å². The van der Waals surface area contributed by atoms with Crippen molar-refractivity contribution in [1.82, 2.24) is 10.5 Å². The molecule has 1 atom stereocenters. The highest BCUT2D eigenvalue weighted by atomic mass is 16.5. The average Bonchev–Trinajstić information content (AvgIpc) is 2.80. The van der Waals surface area contributed by atoms with Gasteiger partial charge in [0.2, 0.25) is 5.91 Å². The van der Waals surface area contributed by atoms with Crippen LogP contribution >= 0.6 is 0 Å². The fourth-order valence-corrected chi connectivity index (χ4v) is 1.89. The zero-order valence-electron chi connectivity index (χ0n) is 10.9. The minimum absolute atomic E-state index is 0.0798. The number of nitrogens with zero attached hydrogens (tertiary/aromatic N) is 1. The molecular formula is C14H18N2O3. The molecule has 0 spiro atoms. The van der Waals surface area contributed by atoms with Crippen molar-refractivity contribution in [1.29, 1.82) is 0 Å². The van der Waals surface area contributed by atoms with Gasteiger partial charge in [0.05, 0.1) is 6.42 Å². The third-order valence-electron chi connectivity index (χ3n) is 3.05. The molecule has 1 unspecified atom stereocenters. The molecule has 19 heavy (non-hydrogen) atoms. The molecule has 0 fully saturated rings. The number of amides is 1. The molecule has 1 amide bonds. The maximum absolute atomic E-state index is 11.8. The Hall–Kier alpha value is -1.88. The molecule has 0 aliphatic rings. The lowest BCUT2D eigenvalue weighted by Gasteiger charge is -2.10. The van der Waals surface area contributed by atoms with Gasteiger partial charge in [-0.25, -0.2) is 0 Å². The summed E-state index contributed by atoms with van der Waals surface area (Å²) in [6.07, 6.45) is 0.899. The number of benzene rings is 1. The Morgan fingerprint density at radius 2 is 2.26 bits per heavy atom. The van der Waals surface area contributed by atoms with E-state index in [2.05, 4.69) is 10.5 Å². The molecule has 0 radical (unpaired) electrons. The molecule has 1 aromatic heterocycles. The molecule has 0 bridgehead atoms. The zero-order chi connectivity index (χ0) is 13.7. The highest BCUT2D eigenvalue weighted by Crippen LogP contribution is 2.17. The van der Waals surface area contributed by atoms with Crippen LogP contribution in [0.3, 0.4) is 0 Å². The molecule has 1 aromatic carbocycles. The van der Waals surface area contributed by atoms with Crippen LogP contribution in [0.1, 0.15) is 19.0 Å². The predicted molar refractivity (Wildman–Crippen MR) is 71.6 cm³/mol. The molecule has 5 heteroatoms. The number of hydrogen-bond donors (Lipinski definition) is 2. The highest BCUT2D eigenvalue weighted by molar-refractivity contribution is 5.86. The number of carbonyl (C=O) groups is 1. The minimum Gasteiger partial charge on any atom is -0.396 e. The number of para-hydroxylation sites is 1. The second kappa shape index (κ2) is 6.33. The summed E-state index contributed by atoms with van der Waals surface area (Å²) in [5.74, 6) is 0.187. The van der Waals surface area contributed by atoms with Crippen molar-refractivity contribution in [2.45, 2.75) is 19.8 Å². The van der Waals surface area contributed by atoms with Gasteiger partial charge in [0.1, 0.15) is 5.69 Å². The van der Waals surface area contributed by atoms with E-state index < -0.39 is 0 Å². The van der Waals surface area contributed by atoms with Gasteiger partial charge in [0, 0.05) is 18.5 Å². The monoisotopic (exact) mass is 262 g/mol. The Labute approximate surface area is 111 Å². The fourth-order valence-electron chi connectivity index (χ4n) is 1.89. The van der Waals surface area contributed by atoms with E-state index in [1.165, 1.54) is 0 Å². The number of nitrogens with one attached hydrogen (secondary N) is 1. The van der Waals surface area contributed by atoms with Gasteiger partial charge in [-0.2, -0.15) is 0 Å². The molecular weight excluding hydrogens is 244 g/mol. The van der Waals surface area contributed by atoms with Crippen LogP contribution in [-0.4, -0.2) is 29.3 Å². The van der Waals surface area contributed by atoms with Crippen molar-refractivity contribution in [2.75, 3.05) is 13.2 Å². The minimum atomic E-state index is -0.0798. The number of aromatic nitrogens is 1. The Balaban J connectivity index is 1.92. The Kier molecular flexibility index (Phi) is 4.52. The van der Waals surface area contributed by atoms with Gasteiger partial charge in [-0.3, -0.25) is 4.79 Å². The second-order valence-corrected chi connectivity index (χ2v) is 4.72. The molecule has 0 saturated carbocycles. The second-order valence-electron chi connectivity index (χ2n) is 4.72. The van der Waals surface area contributed by atoms with Crippen LogP contribution < -0.4 is 5.32 Å². The summed E-state index contributed by atoms with van der Waals surface area (Å²) in [6, 6.07) is 7.48. The number of fused-ring (bicyclic) bond motifs is 1. The lowest BCUT2D eigenvalue weighted by Crippen LogP contribution is -2.30. The van der Waals surface area contributed by atoms with E-state index in [0.717, 1.165) is 5.39 Å². The van der Waals surface area contributed by atoms with Crippen molar-refractivity contribution in [3.05, 3.63) is 30.0 Å². The first kappa shape index (κ1) is 13.5. The van der Waals surface area contributed by atoms with Crippen molar-refractivity contribution in [3.8, 4) is 0 Å². The molecule has 2 N–H and O–H groups in total. The molecule has 102 valence electrons. The van der Waals surface area contributed by atoms with Gasteiger partial charge in [-0.1, -0.05) is 24.2 Å². The molecule has 2 rings (SSSR count). The quantitative estimate of drug-likeness (QED) is 0.827. The molecule has 0 aliphatic heterocycles. The lowest BCUT2D eigenvalue weighted by atomic mass is 10.1. The standard InChI is InChI=1S/C14H18N2O3/c1-10(6-7-17)9-15-14(18)8-12-11-4-2-3-5-13(11)19-16-12/h2-5,10,17H,6-9H2,1H3,(H,15,18). The summed E-state index contributed by atoms with van der Waals surface area (Å²) < 4.78 is 5.15. The number of hydrogen-bond acceptors (Lipinski definition) is 4. The predicted octanol–water partition coefficient (Wildman–Crippen LogP) is 1.50. The third-order valence-corrected chi connectivity index (χ3v) is 3.05. The first-order valence-corrected chi connectivity index (χ1v) is 6.41. The molecule has 0 aliphatic carbocycles. The van der Waals surface area contributed by atoms with Gasteiger partial charge in [0.15, 0.2) is 5.58 Å². The normalized spacial score (nSPS) is 12.5. The lowest BCUT2D eigenvalue weighted by molar-refractivity contribution is -0.120. The maximum atomic E-state index is 11.8. The third kappa shape index (κ3) is 3.54. The van der Waals surface area contributed by atoms with Crippen LogP contribution in [0.2, 0.25) is 0 Å². The first-order valence-electron chi connectivity index (χ1n) is 6.41. The van der Waals surface area contributed by atoms with Crippen LogP contribution in [0.15, 0.2) is 28.8 Å². The van der Waals surface area contributed by atoms with E-state index in [-0.39, 0.29) is 24.9 Å². The molecule has 5 nitrogen and oxygen atoms in total. The number of rotatable bonds is 6. The van der Waals surface area contributed by atoms with Crippen molar-refractivity contribution >= 4 is 16.9 Å². The van der Waals surface area contributed by atoms with E-state index in [0.29, 0.717) is 24.2 Å². The summed E-state index contributed by atoms with van der Waals surface area (Å²) >= 11 is 0. The van der Waals surface area contributed by atoms with E-state index in [9.17, 15) is 4.79 Å². The van der Waals surface area contributed by atoms with Crippen molar-refractivity contribution < 1.29 is 14.4 Å². The van der Waals surface area contributed by atoms with E-state index in [4.69, 9.17) is 9.63 Å². The average molecular weight is 262 g/mol. The smallest absolute Gasteiger partial charge is 0.226 e. The number of aliphatic hydroxyl groups excluding tert-OH is 1. The SMILES string of the molecule is CC(CCO)CNC(=O)Cc1noc2ccccc12. The maximum Gasteiger partial charge on any atom is 0.226 e. The fraction of sp³-hybridized carbons (Fsp3) is 0.429. The Morgan fingerprint density at radius 1 is 1.47 bits per heavy atom. The largest absolute Gasteiger partial charge is 0.396 e. The summed E-state index contributed by atoms with van der Waals surface area (Å²) in [7, 11) is 0. The van der Waals surface area contributed by atoms with Crippen LogP contribution in [0.25, 0.3) is 11.0 Å². The van der Waals surface area contributed by atoms with Gasteiger partial charge in [-0.15, -0.1) is 0 Å². The van der Waals surface area contributed by atoms with Gasteiger partial charge < -0.3 is 14.9 Å². The summed E-state index contributed by atoms with van der Waals surface area (Å²) in [4.78, 5) is 11.8.